The molecule has 0 atom stereocenters. The molecule has 0 radical (unpaired) electrons. The fourth-order valence-electron chi connectivity index (χ4n) is 4.91. The van der Waals surface area contributed by atoms with Crippen molar-refractivity contribution in [3.05, 3.63) is 53.9 Å². The summed E-state index contributed by atoms with van der Waals surface area (Å²) in [6.45, 7) is 3.76. The molecular formula is C25H28F3N4O2+. The first-order valence-corrected chi connectivity index (χ1v) is 11.7. The number of amides is 1. The van der Waals surface area contributed by atoms with Crippen molar-refractivity contribution < 1.29 is 27.3 Å². The monoisotopic (exact) mass is 473 g/mol. The topological polar surface area (TPSA) is 50.4 Å². The summed E-state index contributed by atoms with van der Waals surface area (Å²) in [5, 5.41) is 2.91. The van der Waals surface area contributed by atoms with Gasteiger partial charge >= 0.3 is 6.18 Å². The number of anilines is 2. The standard InChI is InChI=1S/C25H27F3N4O2/c26-25(27,28)18-5-10-21-22(16-18)32(24-4-2-1-3-11-31(21)24)17-23(33)29-19-6-8-20(9-7-19)30-12-14-34-15-13-30/h5-10,16H,1-4,11-15,17H2/p+1. The molecule has 0 spiro atoms. The maximum absolute atomic E-state index is 13.4. The number of ether oxygens (including phenoxy) is 1. The smallest absolute Gasteiger partial charge is 0.378 e. The molecule has 0 unspecified atom stereocenters. The molecule has 1 amide bonds. The van der Waals surface area contributed by atoms with Gasteiger partial charge < -0.3 is 15.0 Å². The number of aromatic nitrogens is 2. The van der Waals surface area contributed by atoms with Crippen LogP contribution in [0.4, 0.5) is 24.5 Å². The second kappa shape index (κ2) is 9.29. The molecule has 3 aromatic rings. The number of alkyl halides is 3. The van der Waals surface area contributed by atoms with Crippen molar-refractivity contribution in [2.75, 3.05) is 36.5 Å². The minimum atomic E-state index is -4.43. The zero-order valence-electron chi connectivity index (χ0n) is 18.9. The molecular weight excluding hydrogens is 445 g/mol. The molecule has 5 rings (SSSR count). The van der Waals surface area contributed by atoms with E-state index in [1.165, 1.54) is 12.1 Å². The van der Waals surface area contributed by atoms with Crippen molar-refractivity contribution in [2.24, 2.45) is 0 Å². The highest BCUT2D eigenvalue weighted by molar-refractivity contribution is 5.91. The van der Waals surface area contributed by atoms with Crippen LogP contribution in [-0.2, 0) is 35.2 Å². The van der Waals surface area contributed by atoms with E-state index in [9.17, 15) is 18.0 Å². The van der Waals surface area contributed by atoms with E-state index in [-0.39, 0.29) is 12.5 Å². The van der Waals surface area contributed by atoms with Gasteiger partial charge in [0, 0.05) is 37.0 Å². The third-order valence-corrected chi connectivity index (χ3v) is 6.62. The average Bonchev–Trinajstić information content (AvgIpc) is 2.97. The van der Waals surface area contributed by atoms with E-state index < -0.39 is 11.7 Å². The molecule has 3 heterocycles. The van der Waals surface area contributed by atoms with Crippen LogP contribution in [0.2, 0.25) is 0 Å². The number of carbonyl (C=O) groups is 1. The number of imidazole rings is 1. The maximum Gasteiger partial charge on any atom is 0.416 e. The van der Waals surface area contributed by atoms with Crippen LogP contribution in [-0.4, -0.2) is 36.8 Å². The minimum absolute atomic E-state index is 0.0364. The highest BCUT2D eigenvalue weighted by Gasteiger charge is 2.34. The Kier molecular flexibility index (Phi) is 6.20. The summed E-state index contributed by atoms with van der Waals surface area (Å²) in [5.74, 6) is 0.644. The summed E-state index contributed by atoms with van der Waals surface area (Å²) >= 11 is 0. The number of rotatable bonds is 4. The summed E-state index contributed by atoms with van der Waals surface area (Å²) in [5.41, 5.74) is 2.22. The van der Waals surface area contributed by atoms with Gasteiger partial charge in [-0.25, -0.2) is 9.13 Å². The van der Waals surface area contributed by atoms with Crippen LogP contribution in [0.25, 0.3) is 11.0 Å². The lowest BCUT2D eigenvalue weighted by atomic mass is 10.2. The van der Waals surface area contributed by atoms with E-state index in [2.05, 4.69) is 14.8 Å². The Morgan fingerprint density at radius 3 is 2.53 bits per heavy atom. The molecule has 0 bridgehead atoms. The molecule has 0 aliphatic carbocycles. The van der Waals surface area contributed by atoms with Crippen molar-refractivity contribution >= 4 is 28.3 Å². The van der Waals surface area contributed by atoms with E-state index in [0.717, 1.165) is 68.4 Å². The quantitative estimate of drug-likeness (QED) is 0.580. The van der Waals surface area contributed by atoms with Gasteiger partial charge in [0.05, 0.1) is 25.3 Å². The van der Waals surface area contributed by atoms with Gasteiger partial charge in [-0.3, -0.25) is 4.79 Å². The lowest BCUT2D eigenvalue weighted by Gasteiger charge is -2.28. The molecule has 1 fully saturated rings. The van der Waals surface area contributed by atoms with Crippen molar-refractivity contribution in [3.63, 3.8) is 0 Å². The Morgan fingerprint density at radius 1 is 1.03 bits per heavy atom. The fraction of sp³-hybridized carbons (Fsp3) is 0.440. The van der Waals surface area contributed by atoms with Gasteiger partial charge in [-0.1, -0.05) is 0 Å². The first kappa shape index (κ1) is 22.7. The normalized spacial score (nSPS) is 16.9. The summed E-state index contributed by atoms with van der Waals surface area (Å²) < 4.78 is 49.4. The third-order valence-electron chi connectivity index (χ3n) is 6.62. The third kappa shape index (κ3) is 4.61. The number of nitrogens with one attached hydrogen (secondary N) is 1. The van der Waals surface area contributed by atoms with Gasteiger partial charge in [-0.2, -0.15) is 13.2 Å². The van der Waals surface area contributed by atoms with Crippen LogP contribution in [0.1, 0.15) is 30.7 Å². The number of hydrogen-bond acceptors (Lipinski definition) is 3. The summed E-state index contributed by atoms with van der Waals surface area (Å²) in [6, 6.07) is 11.5. The number of halogens is 3. The van der Waals surface area contributed by atoms with Gasteiger partial charge in [-0.15, -0.1) is 0 Å². The van der Waals surface area contributed by atoms with Crippen molar-refractivity contribution in [2.45, 2.75) is 44.9 Å². The van der Waals surface area contributed by atoms with Crippen LogP contribution in [0.3, 0.4) is 0 Å². The molecule has 9 heteroatoms. The van der Waals surface area contributed by atoms with Crippen LogP contribution in [0.15, 0.2) is 42.5 Å². The van der Waals surface area contributed by atoms with Crippen molar-refractivity contribution in [1.82, 2.24) is 4.57 Å². The number of hydrogen-bond donors (Lipinski definition) is 1. The van der Waals surface area contributed by atoms with Gasteiger partial charge in [0.2, 0.25) is 0 Å². The first-order valence-electron chi connectivity index (χ1n) is 11.7. The zero-order valence-corrected chi connectivity index (χ0v) is 18.9. The SMILES string of the molecule is O=C(Cn1c2[n+](c3ccc(C(F)(F)F)cc31)CCCCC2)Nc1ccc(N2CCOCC2)cc1. The number of aryl methyl sites for hydroxylation is 1. The Bertz CT molecular complexity index is 1180. The number of benzene rings is 2. The molecule has 180 valence electrons. The Morgan fingerprint density at radius 2 is 1.79 bits per heavy atom. The van der Waals surface area contributed by atoms with Crippen molar-refractivity contribution in [3.8, 4) is 0 Å². The van der Waals surface area contributed by atoms with Gasteiger partial charge in [0.1, 0.15) is 0 Å². The predicted octanol–water partition coefficient (Wildman–Crippen LogP) is 4.15. The molecule has 0 saturated carbocycles. The molecule has 2 aliphatic heterocycles. The number of carbonyl (C=O) groups excluding carboxylic acids is 1. The predicted molar refractivity (Wildman–Crippen MR) is 123 cm³/mol. The van der Waals surface area contributed by atoms with E-state index in [1.807, 2.05) is 24.3 Å². The summed E-state index contributed by atoms with van der Waals surface area (Å²) in [4.78, 5) is 15.2. The number of morpholine rings is 1. The maximum atomic E-state index is 13.4. The van der Waals surface area contributed by atoms with Gasteiger partial charge in [-0.05, 0) is 55.7 Å². The second-order valence-electron chi connectivity index (χ2n) is 8.86. The average molecular weight is 474 g/mol. The molecule has 34 heavy (non-hydrogen) atoms. The molecule has 2 aliphatic rings. The summed E-state index contributed by atoms with van der Waals surface area (Å²) in [6.07, 6.45) is -0.717. The molecule has 2 aromatic carbocycles. The van der Waals surface area contributed by atoms with Crippen LogP contribution in [0.5, 0.6) is 0 Å². The fourth-order valence-corrected chi connectivity index (χ4v) is 4.91. The Labute approximate surface area is 195 Å². The first-order chi connectivity index (χ1) is 16.4. The lowest BCUT2D eigenvalue weighted by Crippen LogP contribution is -2.37. The highest BCUT2D eigenvalue weighted by atomic mass is 19.4. The molecule has 6 nitrogen and oxygen atoms in total. The number of fused-ring (bicyclic) bond motifs is 3. The van der Waals surface area contributed by atoms with E-state index in [0.29, 0.717) is 24.4 Å². The van der Waals surface area contributed by atoms with E-state index in [4.69, 9.17) is 4.74 Å². The molecule has 1 aromatic heterocycles. The van der Waals surface area contributed by atoms with Crippen LogP contribution in [0, 0.1) is 0 Å². The molecule has 1 saturated heterocycles. The second-order valence-corrected chi connectivity index (χ2v) is 8.86. The lowest BCUT2D eigenvalue weighted by molar-refractivity contribution is -0.678. The highest BCUT2D eigenvalue weighted by Crippen LogP contribution is 2.32. The Balaban J connectivity index is 1.40. The van der Waals surface area contributed by atoms with Crippen LogP contribution < -0.4 is 14.8 Å². The van der Waals surface area contributed by atoms with Gasteiger partial charge in [0.15, 0.2) is 17.6 Å². The van der Waals surface area contributed by atoms with Crippen LogP contribution >= 0.6 is 0 Å². The summed E-state index contributed by atoms with van der Waals surface area (Å²) in [7, 11) is 0. The number of nitrogens with zero attached hydrogens (tertiary/aromatic N) is 3. The van der Waals surface area contributed by atoms with Crippen molar-refractivity contribution in [1.29, 1.82) is 0 Å². The zero-order chi connectivity index (χ0) is 23.7. The largest absolute Gasteiger partial charge is 0.416 e. The Hall–Kier alpha value is -3.07. The van der Waals surface area contributed by atoms with E-state index in [1.54, 1.807) is 4.57 Å². The van der Waals surface area contributed by atoms with Gasteiger partial charge in [0.25, 0.3) is 11.7 Å². The molecule has 1 N–H and O–H groups in total. The van der Waals surface area contributed by atoms with E-state index >= 15 is 0 Å². The minimum Gasteiger partial charge on any atom is -0.378 e.